The van der Waals surface area contributed by atoms with Gasteiger partial charge in [-0.05, 0) is 31.6 Å². The van der Waals surface area contributed by atoms with Crippen LogP contribution >= 0.6 is 0 Å². The smallest absolute Gasteiger partial charge is 0.315 e. The summed E-state index contributed by atoms with van der Waals surface area (Å²) in [6.07, 6.45) is 6.08. The number of amides is 2. The summed E-state index contributed by atoms with van der Waals surface area (Å²) in [5, 5.41) is 14.6. The van der Waals surface area contributed by atoms with Crippen LogP contribution < -0.4 is 10.6 Å². The first-order valence-electron chi connectivity index (χ1n) is 7.69. The second kappa shape index (κ2) is 8.12. The molecule has 5 heteroatoms. The fraction of sp³-hybridized carbons (Fsp3) is 0.867. The summed E-state index contributed by atoms with van der Waals surface area (Å²) in [6.45, 7) is 5.87. The van der Waals surface area contributed by atoms with Gasteiger partial charge in [0.2, 0.25) is 0 Å². The zero-order chi connectivity index (χ0) is 15.1. The number of urea groups is 1. The van der Waals surface area contributed by atoms with Crippen molar-refractivity contribution in [2.45, 2.75) is 71.4 Å². The molecule has 1 saturated carbocycles. The van der Waals surface area contributed by atoms with Crippen LogP contribution in [0.25, 0.3) is 0 Å². The first-order chi connectivity index (χ1) is 9.40. The Morgan fingerprint density at radius 3 is 2.20 bits per heavy atom. The van der Waals surface area contributed by atoms with E-state index in [0.717, 1.165) is 0 Å². The van der Waals surface area contributed by atoms with E-state index >= 15 is 0 Å². The average molecular weight is 284 g/mol. The number of carboxylic acid groups (broad SMARTS) is 1. The number of carboxylic acids is 1. The minimum atomic E-state index is -0.885. The SMILES string of the molecule is CC(C)C(CC(=O)O)NC(=O)NC(C)C1CCCCC1. The van der Waals surface area contributed by atoms with Gasteiger partial charge in [0.1, 0.15) is 0 Å². The number of carbonyl (C=O) groups is 2. The number of aliphatic carboxylic acids is 1. The Labute approximate surface area is 121 Å². The first-order valence-corrected chi connectivity index (χ1v) is 7.69. The molecule has 1 fully saturated rings. The summed E-state index contributed by atoms with van der Waals surface area (Å²) in [7, 11) is 0. The molecule has 0 spiro atoms. The van der Waals surface area contributed by atoms with Gasteiger partial charge < -0.3 is 15.7 Å². The van der Waals surface area contributed by atoms with E-state index in [2.05, 4.69) is 10.6 Å². The zero-order valence-corrected chi connectivity index (χ0v) is 12.8. The predicted molar refractivity (Wildman–Crippen MR) is 78.6 cm³/mol. The van der Waals surface area contributed by atoms with E-state index in [4.69, 9.17) is 5.11 Å². The van der Waals surface area contributed by atoms with Crippen molar-refractivity contribution >= 4 is 12.0 Å². The highest BCUT2D eigenvalue weighted by Gasteiger charge is 2.24. The van der Waals surface area contributed by atoms with E-state index in [1.165, 1.54) is 32.1 Å². The van der Waals surface area contributed by atoms with E-state index in [-0.39, 0.29) is 30.5 Å². The van der Waals surface area contributed by atoms with E-state index in [0.29, 0.717) is 5.92 Å². The quantitative estimate of drug-likeness (QED) is 0.701. The largest absolute Gasteiger partial charge is 0.481 e. The summed E-state index contributed by atoms with van der Waals surface area (Å²) >= 11 is 0. The highest BCUT2D eigenvalue weighted by Crippen LogP contribution is 2.26. The van der Waals surface area contributed by atoms with E-state index < -0.39 is 5.97 Å². The summed E-state index contributed by atoms with van der Waals surface area (Å²) < 4.78 is 0. The molecule has 0 aliphatic heterocycles. The lowest BCUT2D eigenvalue weighted by atomic mass is 9.84. The molecule has 0 bridgehead atoms. The minimum absolute atomic E-state index is 0.0388. The van der Waals surface area contributed by atoms with Crippen molar-refractivity contribution in [3.8, 4) is 0 Å². The molecule has 1 rings (SSSR count). The van der Waals surface area contributed by atoms with Gasteiger partial charge in [-0.1, -0.05) is 33.1 Å². The van der Waals surface area contributed by atoms with Crippen LogP contribution in [-0.2, 0) is 4.79 Å². The van der Waals surface area contributed by atoms with Crippen molar-refractivity contribution in [1.82, 2.24) is 10.6 Å². The number of rotatable bonds is 6. The third kappa shape index (κ3) is 5.80. The van der Waals surface area contributed by atoms with Crippen LogP contribution in [0.15, 0.2) is 0 Å². The Hall–Kier alpha value is -1.26. The summed E-state index contributed by atoms with van der Waals surface area (Å²) in [4.78, 5) is 22.8. The van der Waals surface area contributed by atoms with Crippen LogP contribution in [0.2, 0.25) is 0 Å². The van der Waals surface area contributed by atoms with E-state index in [1.54, 1.807) is 0 Å². The monoisotopic (exact) mass is 284 g/mol. The molecule has 0 saturated heterocycles. The molecule has 0 radical (unpaired) electrons. The van der Waals surface area contributed by atoms with Gasteiger partial charge in [0, 0.05) is 12.1 Å². The van der Waals surface area contributed by atoms with Crippen LogP contribution in [-0.4, -0.2) is 29.2 Å². The molecule has 0 aromatic heterocycles. The van der Waals surface area contributed by atoms with Crippen molar-refractivity contribution in [2.24, 2.45) is 11.8 Å². The van der Waals surface area contributed by atoms with Crippen molar-refractivity contribution in [3.63, 3.8) is 0 Å². The Kier molecular flexibility index (Phi) is 6.82. The van der Waals surface area contributed by atoms with E-state index in [1.807, 2.05) is 20.8 Å². The van der Waals surface area contributed by atoms with Gasteiger partial charge in [-0.3, -0.25) is 4.79 Å². The van der Waals surface area contributed by atoms with Crippen molar-refractivity contribution in [3.05, 3.63) is 0 Å². The molecule has 5 nitrogen and oxygen atoms in total. The van der Waals surface area contributed by atoms with Crippen LogP contribution in [0.4, 0.5) is 4.79 Å². The predicted octanol–water partition coefficient (Wildman–Crippen LogP) is 2.75. The molecule has 0 heterocycles. The Balaban J connectivity index is 2.41. The van der Waals surface area contributed by atoms with Gasteiger partial charge in [-0.2, -0.15) is 0 Å². The van der Waals surface area contributed by atoms with Crippen molar-refractivity contribution in [2.75, 3.05) is 0 Å². The van der Waals surface area contributed by atoms with Gasteiger partial charge in [0.25, 0.3) is 0 Å². The van der Waals surface area contributed by atoms with Gasteiger partial charge in [-0.15, -0.1) is 0 Å². The fourth-order valence-corrected chi connectivity index (χ4v) is 2.81. The molecule has 1 aliphatic rings. The highest BCUT2D eigenvalue weighted by atomic mass is 16.4. The van der Waals surface area contributed by atoms with Crippen LogP contribution in [0.3, 0.4) is 0 Å². The third-order valence-corrected chi connectivity index (χ3v) is 4.23. The van der Waals surface area contributed by atoms with Gasteiger partial charge in [0.15, 0.2) is 0 Å². The summed E-state index contributed by atoms with van der Waals surface area (Å²) in [5.74, 6) is -0.238. The molecule has 2 unspecified atom stereocenters. The molecule has 1 aliphatic carbocycles. The first kappa shape index (κ1) is 16.8. The number of hydrogen-bond acceptors (Lipinski definition) is 2. The second-order valence-corrected chi connectivity index (χ2v) is 6.25. The highest BCUT2D eigenvalue weighted by molar-refractivity contribution is 5.76. The lowest BCUT2D eigenvalue weighted by Crippen LogP contribution is -2.49. The Morgan fingerprint density at radius 1 is 1.10 bits per heavy atom. The Morgan fingerprint density at radius 2 is 1.70 bits per heavy atom. The number of nitrogens with one attached hydrogen (secondary N) is 2. The van der Waals surface area contributed by atoms with Crippen molar-refractivity contribution < 1.29 is 14.7 Å². The van der Waals surface area contributed by atoms with Gasteiger partial charge in [-0.25, -0.2) is 4.79 Å². The molecule has 0 aromatic carbocycles. The van der Waals surface area contributed by atoms with Crippen LogP contribution in [0, 0.1) is 11.8 Å². The van der Waals surface area contributed by atoms with Gasteiger partial charge in [0.05, 0.1) is 6.42 Å². The fourth-order valence-electron chi connectivity index (χ4n) is 2.81. The van der Waals surface area contributed by atoms with Gasteiger partial charge >= 0.3 is 12.0 Å². The average Bonchev–Trinajstić information content (AvgIpc) is 2.38. The molecule has 2 amide bonds. The number of hydrogen-bond donors (Lipinski definition) is 3. The summed E-state index contributed by atoms with van der Waals surface area (Å²) in [5.41, 5.74) is 0. The molecule has 116 valence electrons. The molecular formula is C15H28N2O3. The molecule has 2 atom stereocenters. The maximum absolute atomic E-state index is 12.0. The van der Waals surface area contributed by atoms with Crippen molar-refractivity contribution in [1.29, 1.82) is 0 Å². The van der Waals surface area contributed by atoms with Crippen LogP contribution in [0.5, 0.6) is 0 Å². The summed E-state index contributed by atoms with van der Waals surface area (Å²) in [6, 6.07) is -0.429. The number of carbonyl (C=O) groups excluding carboxylic acids is 1. The minimum Gasteiger partial charge on any atom is -0.481 e. The standard InChI is InChI=1S/C15H28N2O3/c1-10(2)13(9-14(18)19)17-15(20)16-11(3)12-7-5-4-6-8-12/h10-13H,4-9H2,1-3H3,(H,18,19)(H2,16,17,20). The topological polar surface area (TPSA) is 78.4 Å². The van der Waals surface area contributed by atoms with E-state index in [9.17, 15) is 9.59 Å². The van der Waals surface area contributed by atoms with Crippen LogP contribution in [0.1, 0.15) is 59.3 Å². The Bertz CT molecular complexity index is 325. The lowest BCUT2D eigenvalue weighted by Gasteiger charge is -2.29. The second-order valence-electron chi connectivity index (χ2n) is 6.25. The molecule has 0 aromatic rings. The third-order valence-electron chi connectivity index (χ3n) is 4.23. The normalized spacial score (nSPS) is 19.4. The maximum atomic E-state index is 12.0. The molecule has 20 heavy (non-hydrogen) atoms. The zero-order valence-electron chi connectivity index (χ0n) is 12.8. The maximum Gasteiger partial charge on any atom is 0.315 e. The molecular weight excluding hydrogens is 256 g/mol. The lowest BCUT2D eigenvalue weighted by molar-refractivity contribution is -0.137. The molecule has 3 N–H and O–H groups in total.